The molecule has 2 heterocycles. The highest BCUT2D eigenvalue weighted by Gasteiger charge is 2.55. The second-order valence-corrected chi connectivity index (χ2v) is 8.47. The zero-order valence-corrected chi connectivity index (χ0v) is 16.4. The molecule has 1 aromatic carbocycles. The first kappa shape index (κ1) is 17.8. The molecule has 2 fully saturated rings. The monoisotopic (exact) mass is 392 g/mol. The number of amides is 1. The number of likely N-dealkylation sites (tertiary alicyclic amines) is 1. The summed E-state index contributed by atoms with van der Waals surface area (Å²) in [6.07, 6.45) is 3.42. The van der Waals surface area contributed by atoms with E-state index in [0.717, 1.165) is 25.2 Å². The molecule has 1 aliphatic heterocycles. The molecule has 26 heavy (non-hydrogen) atoms. The summed E-state index contributed by atoms with van der Waals surface area (Å²) in [5, 5.41) is 1.17. The highest BCUT2D eigenvalue weighted by atomic mass is 35.5. The second-order valence-electron chi connectivity index (χ2n) is 7.60. The molecule has 2 aliphatic rings. The highest BCUT2D eigenvalue weighted by Crippen LogP contribution is 2.51. The van der Waals surface area contributed by atoms with Crippen molar-refractivity contribution in [2.45, 2.75) is 6.54 Å². The zero-order chi connectivity index (χ0) is 18.4. The number of hydrogen-bond acceptors (Lipinski definition) is 3. The fraction of sp³-hybridized carbons (Fsp3) is 0.474. The van der Waals surface area contributed by atoms with Gasteiger partial charge in [-0.3, -0.25) is 4.79 Å². The molecule has 7 heteroatoms. The Labute approximate surface area is 163 Å². The van der Waals surface area contributed by atoms with Gasteiger partial charge in [0.25, 0.3) is 5.91 Å². The molecular formula is C19H22Cl2N4O. The van der Waals surface area contributed by atoms with Crippen LogP contribution in [0.25, 0.3) is 0 Å². The number of nitrogens with zero attached hydrogens (tertiary/aromatic N) is 4. The Morgan fingerprint density at radius 3 is 2.42 bits per heavy atom. The Bertz CT molecular complexity index is 804. The van der Waals surface area contributed by atoms with Crippen LogP contribution in [0.1, 0.15) is 16.1 Å². The van der Waals surface area contributed by atoms with Crippen LogP contribution in [0.4, 0.5) is 0 Å². The number of fused-ring (bicyclic) bond motifs is 1. The normalized spacial score (nSPS) is 24.5. The van der Waals surface area contributed by atoms with Gasteiger partial charge in [-0.1, -0.05) is 23.2 Å². The Hall–Kier alpha value is -1.56. The maximum Gasteiger partial charge on any atom is 0.274 e. The summed E-state index contributed by atoms with van der Waals surface area (Å²) in [5.41, 5.74) is 1.42. The summed E-state index contributed by atoms with van der Waals surface area (Å²) in [4.78, 5) is 21.6. The third-order valence-corrected chi connectivity index (χ3v) is 5.93. The second kappa shape index (κ2) is 6.87. The van der Waals surface area contributed by atoms with Crippen molar-refractivity contribution in [3.05, 3.63) is 52.0 Å². The van der Waals surface area contributed by atoms with Crippen LogP contribution in [-0.4, -0.2) is 51.9 Å². The smallest absolute Gasteiger partial charge is 0.274 e. The molecule has 4 rings (SSSR count). The van der Waals surface area contributed by atoms with E-state index in [1.165, 1.54) is 0 Å². The average Bonchev–Trinajstić information content (AvgIpc) is 2.90. The first-order valence-electron chi connectivity index (χ1n) is 8.81. The maximum atomic E-state index is 13.1. The van der Waals surface area contributed by atoms with Gasteiger partial charge in [-0.25, -0.2) is 4.98 Å². The Morgan fingerprint density at radius 1 is 1.19 bits per heavy atom. The number of halogens is 2. The standard InChI is InChI=1S/C19H22Cl2N4O/c1-23-7-15-16(8-23)17(15)9-25(19(26)18-10-24(2)11-22-18)6-12-3-13(20)5-14(21)4-12/h3-5,10-11,15-17H,6-9H2,1-2H3. The fourth-order valence-electron chi connectivity index (χ4n) is 4.21. The number of rotatable bonds is 5. The van der Waals surface area contributed by atoms with Gasteiger partial charge in [0, 0.05) is 49.5 Å². The number of imidazole rings is 1. The van der Waals surface area contributed by atoms with Gasteiger partial charge in [-0.2, -0.15) is 0 Å². The molecule has 0 radical (unpaired) electrons. The van der Waals surface area contributed by atoms with E-state index < -0.39 is 0 Å². The summed E-state index contributed by atoms with van der Waals surface area (Å²) in [5.74, 6) is 1.96. The third-order valence-electron chi connectivity index (χ3n) is 5.49. The fourth-order valence-corrected chi connectivity index (χ4v) is 4.78. The minimum atomic E-state index is -0.0416. The SMILES string of the molecule is CN1CC2C(C1)C2CN(Cc1cc(Cl)cc(Cl)c1)C(=O)c1cn(C)cn1. The highest BCUT2D eigenvalue weighted by molar-refractivity contribution is 6.34. The lowest BCUT2D eigenvalue weighted by atomic mass is 10.1. The number of hydrogen-bond donors (Lipinski definition) is 0. The van der Waals surface area contributed by atoms with Crippen molar-refractivity contribution < 1.29 is 4.79 Å². The van der Waals surface area contributed by atoms with Crippen LogP contribution in [0.2, 0.25) is 10.0 Å². The van der Waals surface area contributed by atoms with Crippen molar-refractivity contribution in [2.75, 3.05) is 26.7 Å². The van der Waals surface area contributed by atoms with E-state index in [-0.39, 0.29) is 5.91 Å². The summed E-state index contributed by atoms with van der Waals surface area (Å²) in [7, 11) is 4.03. The van der Waals surface area contributed by atoms with E-state index in [4.69, 9.17) is 23.2 Å². The van der Waals surface area contributed by atoms with Crippen LogP contribution in [0.15, 0.2) is 30.7 Å². The van der Waals surface area contributed by atoms with Gasteiger partial charge in [-0.05, 0) is 48.6 Å². The molecular weight excluding hydrogens is 371 g/mol. The number of carbonyl (C=O) groups is 1. The van der Waals surface area contributed by atoms with Gasteiger partial charge in [0.15, 0.2) is 0 Å². The van der Waals surface area contributed by atoms with Crippen LogP contribution in [-0.2, 0) is 13.6 Å². The van der Waals surface area contributed by atoms with Crippen LogP contribution in [0, 0.1) is 17.8 Å². The topological polar surface area (TPSA) is 41.4 Å². The minimum absolute atomic E-state index is 0.0416. The van der Waals surface area contributed by atoms with Crippen LogP contribution in [0.5, 0.6) is 0 Å². The predicted octanol–water partition coefficient (Wildman–Crippen LogP) is 3.18. The summed E-state index contributed by atoms with van der Waals surface area (Å²) < 4.78 is 1.79. The van der Waals surface area contributed by atoms with E-state index in [1.54, 1.807) is 23.2 Å². The van der Waals surface area contributed by atoms with E-state index in [0.29, 0.717) is 40.0 Å². The van der Waals surface area contributed by atoms with Crippen molar-refractivity contribution in [1.29, 1.82) is 0 Å². The van der Waals surface area contributed by atoms with Crippen LogP contribution < -0.4 is 0 Å². The minimum Gasteiger partial charge on any atom is -0.340 e. The molecule has 1 aliphatic carbocycles. The number of aryl methyl sites for hydroxylation is 1. The zero-order valence-electron chi connectivity index (χ0n) is 14.9. The molecule has 0 spiro atoms. The molecule has 1 amide bonds. The van der Waals surface area contributed by atoms with Gasteiger partial charge in [0.05, 0.1) is 6.33 Å². The van der Waals surface area contributed by atoms with Gasteiger partial charge < -0.3 is 14.4 Å². The van der Waals surface area contributed by atoms with Gasteiger partial charge in [0.1, 0.15) is 5.69 Å². The Kier molecular flexibility index (Phi) is 4.71. The van der Waals surface area contributed by atoms with E-state index in [2.05, 4.69) is 16.9 Å². The maximum absolute atomic E-state index is 13.1. The van der Waals surface area contributed by atoms with Gasteiger partial charge in [0.2, 0.25) is 0 Å². The number of aromatic nitrogens is 2. The first-order chi connectivity index (χ1) is 12.4. The van der Waals surface area contributed by atoms with Gasteiger partial charge in [-0.15, -0.1) is 0 Å². The van der Waals surface area contributed by atoms with E-state index in [1.807, 2.05) is 24.1 Å². The lowest BCUT2D eigenvalue weighted by Crippen LogP contribution is -2.34. The van der Waals surface area contributed by atoms with Crippen molar-refractivity contribution in [1.82, 2.24) is 19.4 Å². The molecule has 0 bridgehead atoms. The summed E-state index contributed by atoms with van der Waals surface area (Å²) >= 11 is 12.3. The quantitative estimate of drug-likeness (QED) is 0.784. The molecule has 2 unspecified atom stereocenters. The lowest BCUT2D eigenvalue weighted by molar-refractivity contribution is 0.0720. The van der Waals surface area contributed by atoms with Crippen molar-refractivity contribution in [3.8, 4) is 0 Å². The largest absolute Gasteiger partial charge is 0.340 e. The summed E-state index contributed by atoms with van der Waals surface area (Å²) in [6, 6.07) is 5.44. The van der Waals surface area contributed by atoms with Crippen LogP contribution in [0.3, 0.4) is 0 Å². The average molecular weight is 393 g/mol. The lowest BCUT2D eigenvalue weighted by Gasteiger charge is -2.24. The molecule has 2 atom stereocenters. The third kappa shape index (κ3) is 3.61. The molecule has 0 N–H and O–H groups in total. The molecule has 1 saturated heterocycles. The van der Waals surface area contributed by atoms with Crippen molar-refractivity contribution in [3.63, 3.8) is 0 Å². The van der Waals surface area contributed by atoms with Crippen molar-refractivity contribution >= 4 is 29.1 Å². The summed E-state index contributed by atoms with van der Waals surface area (Å²) in [6.45, 7) is 3.50. The molecule has 5 nitrogen and oxygen atoms in total. The number of piperidine rings is 1. The van der Waals surface area contributed by atoms with E-state index in [9.17, 15) is 4.79 Å². The van der Waals surface area contributed by atoms with Crippen LogP contribution >= 0.6 is 23.2 Å². The molecule has 138 valence electrons. The molecule has 1 saturated carbocycles. The van der Waals surface area contributed by atoms with Crippen molar-refractivity contribution in [2.24, 2.45) is 24.8 Å². The van der Waals surface area contributed by atoms with E-state index >= 15 is 0 Å². The first-order valence-corrected chi connectivity index (χ1v) is 9.57. The Balaban J connectivity index is 1.54. The number of carbonyl (C=O) groups excluding carboxylic acids is 1. The molecule has 2 aromatic rings. The number of benzene rings is 1. The predicted molar refractivity (Wildman–Crippen MR) is 102 cm³/mol. The molecule has 1 aromatic heterocycles. The Morgan fingerprint density at radius 2 is 1.85 bits per heavy atom. The van der Waals surface area contributed by atoms with Gasteiger partial charge >= 0.3 is 0 Å².